The van der Waals surface area contributed by atoms with Crippen molar-refractivity contribution in [2.75, 3.05) is 6.79 Å². The van der Waals surface area contributed by atoms with Gasteiger partial charge in [0.05, 0.1) is 23.1 Å². The Hall–Kier alpha value is -3.80. The highest BCUT2D eigenvalue weighted by atomic mass is 16.7. The summed E-state index contributed by atoms with van der Waals surface area (Å²) in [5.41, 5.74) is 5.73. The number of nitriles is 1. The second kappa shape index (κ2) is 6.37. The van der Waals surface area contributed by atoms with E-state index < -0.39 is 10.8 Å². The summed E-state index contributed by atoms with van der Waals surface area (Å²) >= 11 is 0. The highest BCUT2D eigenvalue weighted by Gasteiger charge is 2.23. The maximum absolute atomic E-state index is 11.3. The zero-order valence-corrected chi connectivity index (χ0v) is 12.8. The number of carbonyl (C=O) groups is 1. The van der Waals surface area contributed by atoms with E-state index >= 15 is 0 Å². The standard InChI is InChI=1S/C16H12N4O5/c17-7-10(16(18)21)4-12-2-1-3-19(12)8-11-5-14-15(25-9-24-14)6-13(11)20(22)23/h1-6H,8-9H2,(H2,18,21)/b10-4+. The molecule has 9 nitrogen and oxygen atoms in total. The van der Waals surface area contributed by atoms with Gasteiger partial charge in [-0.1, -0.05) is 0 Å². The van der Waals surface area contributed by atoms with Crippen LogP contribution in [0.2, 0.25) is 0 Å². The van der Waals surface area contributed by atoms with E-state index in [1.54, 1.807) is 35.0 Å². The number of carbonyl (C=O) groups excluding carboxylic acids is 1. The van der Waals surface area contributed by atoms with Crippen LogP contribution >= 0.6 is 0 Å². The number of benzene rings is 1. The summed E-state index contributed by atoms with van der Waals surface area (Å²) in [6, 6.07) is 7.95. The SMILES string of the molecule is N#C/C(=C\c1cccn1Cc1cc2c(cc1[N+](=O)[O-])OCO2)C(N)=O. The summed E-state index contributed by atoms with van der Waals surface area (Å²) in [6.07, 6.45) is 3.01. The second-order valence-corrected chi connectivity index (χ2v) is 5.19. The van der Waals surface area contributed by atoms with Gasteiger partial charge in [0.25, 0.3) is 11.6 Å². The summed E-state index contributed by atoms with van der Waals surface area (Å²) in [5, 5.41) is 20.3. The molecule has 0 saturated heterocycles. The third-order valence-electron chi connectivity index (χ3n) is 3.65. The number of nitrogens with two attached hydrogens (primary N) is 1. The molecular formula is C16H12N4O5. The number of amides is 1. The number of nitro benzene ring substituents is 1. The number of nitro groups is 1. The first-order chi connectivity index (χ1) is 12.0. The molecule has 0 unspecified atom stereocenters. The predicted octanol–water partition coefficient (Wildman–Crippen LogP) is 1.57. The molecule has 1 aromatic carbocycles. The molecule has 1 amide bonds. The number of fused-ring (bicyclic) bond motifs is 1. The largest absolute Gasteiger partial charge is 0.454 e. The van der Waals surface area contributed by atoms with Crippen LogP contribution in [0.25, 0.3) is 6.08 Å². The van der Waals surface area contributed by atoms with Crippen LogP contribution in [0.15, 0.2) is 36.0 Å². The third kappa shape index (κ3) is 3.13. The van der Waals surface area contributed by atoms with E-state index in [2.05, 4.69) is 0 Å². The average molecular weight is 340 g/mol. The fraction of sp³-hybridized carbons (Fsp3) is 0.125. The first-order valence-corrected chi connectivity index (χ1v) is 7.13. The van der Waals surface area contributed by atoms with Crippen molar-refractivity contribution in [2.24, 2.45) is 5.73 Å². The second-order valence-electron chi connectivity index (χ2n) is 5.19. The predicted molar refractivity (Wildman–Crippen MR) is 85.5 cm³/mol. The molecule has 2 heterocycles. The normalized spacial score (nSPS) is 12.7. The van der Waals surface area contributed by atoms with Gasteiger partial charge in [0.1, 0.15) is 11.6 Å². The van der Waals surface area contributed by atoms with E-state index in [-0.39, 0.29) is 24.6 Å². The van der Waals surface area contributed by atoms with Gasteiger partial charge in [-0.15, -0.1) is 0 Å². The number of primary amides is 1. The van der Waals surface area contributed by atoms with E-state index in [0.717, 1.165) is 0 Å². The van der Waals surface area contributed by atoms with Crippen molar-refractivity contribution in [3.63, 3.8) is 0 Å². The van der Waals surface area contributed by atoms with Gasteiger partial charge in [-0.2, -0.15) is 5.26 Å². The molecule has 2 N–H and O–H groups in total. The summed E-state index contributed by atoms with van der Waals surface area (Å²) in [7, 11) is 0. The van der Waals surface area contributed by atoms with E-state index in [9.17, 15) is 14.9 Å². The molecule has 0 aliphatic carbocycles. The Labute approximate surface area is 141 Å². The highest BCUT2D eigenvalue weighted by molar-refractivity contribution is 6.00. The smallest absolute Gasteiger partial charge is 0.278 e. The Kier molecular flexibility index (Phi) is 4.09. The van der Waals surface area contributed by atoms with Crippen molar-refractivity contribution >= 4 is 17.7 Å². The van der Waals surface area contributed by atoms with Crippen molar-refractivity contribution in [1.29, 1.82) is 5.26 Å². The Morgan fingerprint density at radius 1 is 1.44 bits per heavy atom. The van der Waals surface area contributed by atoms with Crippen molar-refractivity contribution in [3.8, 4) is 17.6 Å². The maximum atomic E-state index is 11.3. The van der Waals surface area contributed by atoms with E-state index in [1.165, 1.54) is 12.1 Å². The third-order valence-corrected chi connectivity index (χ3v) is 3.65. The minimum absolute atomic E-state index is 0.0115. The van der Waals surface area contributed by atoms with Crippen LogP contribution in [-0.4, -0.2) is 22.2 Å². The van der Waals surface area contributed by atoms with Crippen LogP contribution in [0.4, 0.5) is 5.69 Å². The molecule has 1 aliphatic heterocycles. The number of hydrogen-bond donors (Lipinski definition) is 1. The van der Waals surface area contributed by atoms with Gasteiger partial charge in [0, 0.05) is 11.9 Å². The maximum Gasteiger partial charge on any atom is 0.278 e. The zero-order valence-electron chi connectivity index (χ0n) is 12.8. The Morgan fingerprint density at radius 3 is 2.80 bits per heavy atom. The lowest BCUT2D eigenvalue weighted by Crippen LogP contribution is -2.13. The number of aromatic nitrogens is 1. The molecule has 0 bridgehead atoms. The van der Waals surface area contributed by atoms with Gasteiger partial charge >= 0.3 is 0 Å². The lowest BCUT2D eigenvalue weighted by molar-refractivity contribution is -0.385. The first-order valence-electron chi connectivity index (χ1n) is 7.13. The molecule has 0 atom stereocenters. The molecule has 2 aromatic rings. The van der Waals surface area contributed by atoms with Crippen LogP contribution in [0.3, 0.4) is 0 Å². The molecule has 9 heteroatoms. The minimum atomic E-state index is -0.843. The lowest BCUT2D eigenvalue weighted by Gasteiger charge is -2.09. The molecule has 25 heavy (non-hydrogen) atoms. The number of rotatable bonds is 5. The summed E-state index contributed by atoms with van der Waals surface area (Å²) < 4.78 is 12.1. The van der Waals surface area contributed by atoms with Gasteiger partial charge in [0.15, 0.2) is 11.5 Å². The van der Waals surface area contributed by atoms with Gasteiger partial charge in [-0.25, -0.2) is 0 Å². The highest BCUT2D eigenvalue weighted by Crippen LogP contribution is 2.38. The minimum Gasteiger partial charge on any atom is -0.454 e. The van der Waals surface area contributed by atoms with E-state index in [0.29, 0.717) is 22.8 Å². The monoisotopic (exact) mass is 340 g/mol. The first kappa shape index (κ1) is 16.1. The summed E-state index contributed by atoms with van der Waals surface area (Å²) in [5.74, 6) is -0.0902. The molecule has 126 valence electrons. The quantitative estimate of drug-likeness (QED) is 0.380. The van der Waals surface area contributed by atoms with Crippen molar-refractivity contribution in [3.05, 3.63) is 57.4 Å². The van der Waals surface area contributed by atoms with Crippen molar-refractivity contribution < 1.29 is 19.2 Å². The van der Waals surface area contributed by atoms with Crippen LogP contribution in [0.1, 0.15) is 11.3 Å². The Bertz CT molecular complexity index is 938. The molecular weight excluding hydrogens is 328 g/mol. The van der Waals surface area contributed by atoms with Crippen molar-refractivity contribution in [1.82, 2.24) is 4.57 Å². The molecule has 0 saturated carbocycles. The van der Waals surface area contributed by atoms with Crippen LogP contribution < -0.4 is 15.2 Å². The van der Waals surface area contributed by atoms with Gasteiger partial charge < -0.3 is 19.8 Å². The number of ether oxygens (including phenoxy) is 2. The molecule has 1 aromatic heterocycles. The molecule has 0 spiro atoms. The Balaban J connectivity index is 2.00. The molecule has 3 rings (SSSR count). The molecule has 0 fully saturated rings. The van der Waals surface area contributed by atoms with Gasteiger partial charge in [-0.3, -0.25) is 14.9 Å². The summed E-state index contributed by atoms with van der Waals surface area (Å²) in [4.78, 5) is 22.0. The summed E-state index contributed by atoms with van der Waals surface area (Å²) in [6.45, 7) is 0.154. The van der Waals surface area contributed by atoms with E-state index in [4.69, 9.17) is 20.5 Å². The average Bonchev–Trinajstić information content (AvgIpc) is 3.20. The Morgan fingerprint density at radius 2 is 2.16 bits per heavy atom. The van der Waals surface area contributed by atoms with Crippen LogP contribution in [0, 0.1) is 21.4 Å². The number of hydrogen-bond acceptors (Lipinski definition) is 6. The lowest BCUT2D eigenvalue weighted by atomic mass is 10.1. The fourth-order valence-electron chi connectivity index (χ4n) is 2.46. The fourth-order valence-corrected chi connectivity index (χ4v) is 2.46. The molecule has 0 radical (unpaired) electrons. The topological polar surface area (TPSA) is 133 Å². The van der Waals surface area contributed by atoms with E-state index in [1.807, 2.05) is 0 Å². The van der Waals surface area contributed by atoms with Gasteiger partial charge in [-0.05, 0) is 24.3 Å². The van der Waals surface area contributed by atoms with Crippen molar-refractivity contribution in [2.45, 2.75) is 6.54 Å². The molecule has 1 aliphatic rings. The van der Waals surface area contributed by atoms with Gasteiger partial charge in [0.2, 0.25) is 6.79 Å². The van der Waals surface area contributed by atoms with Crippen LogP contribution in [0.5, 0.6) is 11.5 Å². The number of nitrogens with zero attached hydrogens (tertiary/aromatic N) is 3. The van der Waals surface area contributed by atoms with Crippen LogP contribution in [-0.2, 0) is 11.3 Å². The zero-order chi connectivity index (χ0) is 18.0.